The van der Waals surface area contributed by atoms with Gasteiger partial charge in [-0.25, -0.2) is 0 Å². The van der Waals surface area contributed by atoms with Crippen LogP contribution in [0.15, 0.2) is 18.2 Å². The maximum absolute atomic E-state index is 12.5. The van der Waals surface area contributed by atoms with E-state index in [0.29, 0.717) is 5.92 Å². The summed E-state index contributed by atoms with van der Waals surface area (Å²) in [7, 11) is 0. The molecule has 4 heteroatoms. The third-order valence-electron chi connectivity index (χ3n) is 4.06. The lowest BCUT2D eigenvalue weighted by Gasteiger charge is -2.33. The van der Waals surface area contributed by atoms with Crippen molar-refractivity contribution < 1.29 is 9.53 Å². The molecule has 3 rings (SSSR count). The summed E-state index contributed by atoms with van der Waals surface area (Å²) in [6, 6.07) is 6.20. The van der Waals surface area contributed by atoms with Crippen molar-refractivity contribution in [3.05, 3.63) is 32.9 Å². The maximum atomic E-state index is 12.5. The van der Waals surface area contributed by atoms with Crippen LogP contribution in [0.2, 0.25) is 0 Å². The lowest BCUT2D eigenvalue weighted by atomic mass is 9.95. The fourth-order valence-electron chi connectivity index (χ4n) is 2.91. The molecule has 0 atom stereocenters. The second-order valence-corrected chi connectivity index (χ2v) is 6.60. The molecule has 3 nitrogen and oxygen atoms in total. The van der Waals surface area contributed by atoms with Crippen LogP contribution in [0.3, 0.4) is 0 Å². The molecule has 1 aromatic carbocycles. The number of carbonyl (C=O) groups is 1. The molecule has 0 N–H and O–H groups in total. The lowest BCUT2D eigenvalue weighted by molar-refractivity contribution is 0.0449. The molecule has 1 saturated heterocycles. The van der Waals surface area contributed by atoms with Crippen LogP contribution in [0.4, 0.5) is 0 Å². The maximum Gasteiger partial charge on any atom is 0.254 e. The Morgan fingerprint density at radius 3 is 2.89 bits per heavy atom. The quantitative estimate of drug-likeness (QED) is 0.749. The standard InChI is InChI=1S/C15H18INO2/c16-13-2-1-12-3-6-17(15(18)14(12)9-13)10-11-4-7-19-8-5-11/h1-2,9,11H,3-8,10H2. The smallest absolute Gasteiger partial charge is 0.254 e. The van der Waals surface area contributed by atoms with Gasteiger partial charge in [-0.2, -0.15) is 0 Å². The van der Waals surface area contributed by atoms with Gasteiger partial charge in [-0.05, 0) is 65.5 Å². The first-order valence-electron chi connectivity index (χ1n) is 6.89. The van der Waals surface area contributed by atoms with Gasteiger partial charge in [-0.3, -0.25) is 4.79 Å². The van der Waals surface area contributed by atoms with E-state index in [1.165, 1.54) is 5.56 Å². The predicted octanol–water partition coefficient (Wildman–Crippen LogP) is 2.72. The van der Waals surface area contributed by atoms with E-state index in [2.05, 4.69) is 34.7 Å². The molecule has 0 saturated carbocycles. The summed E-state index contributed by atoms with van der Waals surface area (Å²) in [5.74, 6) is 0.827. The third kappa shape index (κ3) is 2.94. The van der Waals surface area contributed by atoms with E-state index in [-0.39, 0.29) is 5.91 Å². The van der Waals surface area contributed by atoms with Crippen LogP contribution < -0.4 is 0 Å². The van der Waals surface area contributed by atoms with Gasteiger partial charge in [0.2, 0.25) is 0 Å². The van der Waals surface area contributed by atoms with Crippen molar-refractivity contribution in [2.24, 2.45) is 5.92 Å². The number of benzene rings is 1. The highest BCUT2D eigenvalue weighted by Gasteiger charge is 2.27. The van der Waals surface area contributed by atoms with E-state index in [4.69, 9.17) is 4.74 Å². The molecule has 0 aromatic heterocycles. The van der Waals surface area contributed by atoms with Crippen LogP contribution in [-0.4, -0.2) is 37.1 Å². The molecule has 0 aliphatic carbocycles. The number of rotatable bonds is 2. The summed E-state index contributed by atoms with van der Waals surface area (Å²) in [6.07, 6.45) is 3.16. The molecule has 1 aromatic rings. The highest BCUT2D eigenvalue weighted by molar-refractivity contribution is 14.1. The number of amides is 1. The Morgan fingerprint density at radius 2 is 2.11 bits per heavy atom. The Morgan fingerprint density at radius 1 is 1.32 bits per heavy atom. The Balaban J connectivity index is 1.73. The summed E-state index contributed by atoms with van der Waals surface area (Å²) in [5, 5.41) is 0. The predicted molar refractivity (Wildman–Crippen MR) is 82.3 cm³/mol. The zero-order chi connectivity index (χ0) is 13.2. The van der Waals surface area contributed by atoms with Crippen LogP contribution in [0.1, 0.15) is 28.8 Å². The normalized spacial score (nSPS) is 20.5. The molecule has 1 fully saturated rings. The molecule has 0 unspecified atom stereocenters. The monoisotopic (exact) mass is 371 g/mol. The van der Waals surface area contributed by atoms with Gasteiger partial charge in [-0.15, -0.1) is 0 Å². The number of ether oxygens (including phenoxy) is 1. The van der Waals surface area contributed by atoms with Gasteiger partial charge in [0.25, 0.3) is 5.91 Å². The van der Waals surface area contributed by atoms with Crippen molar-refractivity contribution in [3.63, 3.8) is 0 Å². The molecule has 0 bridgehead atoms. The van der Waals surface area contributed by atoms with Gasteiger partial charge in [0.05, 0.1) is 0 Å². The Labute approximate surface area is 127 Å². The molecule has 2 aliphatic heterocycles. The minimum absolute atomic E-state index is 0.214. The molecule has 2 heterocycles. The van der Waals surface area contributed by atoms with E-state index < -0.39 is 0 Å². The SMILES string of the molecule is O=C1c2cc(I)ccc2CCN1CC1CCOCC1. The number of hydrogen-bond donors (Lipinski definition) is 0. The van der Waals surface area contributed by atoms with E-state index >= 15 is 0 Å². The van der Waals surface area contributed by atoms with Crippen molar-refractivity contribution in [1.29, 1.82) is 0 Å². The fraction of sp³-hybridized carbons (Fsp3) is 0.533. The summed E-state index contributed by atoms with van der Waals surface area (Å²) in [5.41, 5.74) is 2.11. The molecule has 102 valence electrons. The summed E-state index contributed by atoms with van der Waals surface area (Å²) >= 11 is 2.27. The van der Waals surface area contributed by atoms with Crippen LogP contribution in [0.25, 0.3) is 0 Å². The molecule has 1 amide bonds. The molecule has 0 radical (unpaired) electrons. The van der Waals surface area contributed by atoms with Crippen molar-refractivity contribution in [3.8, 4) is 0 Å². The fourth-order valence-corrected chi connectivity index (χ4v) is 3.40. The number of nitrogens with zero attached hydrogens (tertiary/aromatic N) is 1. The van der Waals surface area contributed by atoms with E-state index in [0.717, 1.165) is 54.7 Å². The van der Waals surface area contributed by atoms with E-state index in [1.807, 2.05) is 11.0 Å². The Kier molecular flexibility index (Phi) is 4.07. The second-order valence-electron chi connectivity index (χ2n) is 5.36. The van der Waals surface area contributed by atoms with Crippen LogP contribution in [-0.2, 0) is 11.2 Å². The number of halogens is 1. The Hall–Kier alpha value is -0.620. The summed E-state index contributed by atoms with van der Waals surface area (Å²) < 4.78 is 6.52. The van der Waals surface area contributed by atoms with Crippen molar-refractivity contribution in [2.45, 2.75) is 19.3 Å². The lowest BCUT2D eigenvalue weighted by Crippen LogP contribution is -2.41. The van der Waals surface area contributed by atoms with Crippen LogP contribution >= 0.6 is 22.6 Å². The molecule has 2 aliphatic rings. The molecule has 19 heavy (non-hydrogen) atoms. The first-order chi connectivity index (χ1) is 9.24. The minimum atomic E-state index is 0.214. The van der Waals surface area contributed by atoms with Crippen LogP contribution in [0.5, 0.6) is 0 Å². The van der Waals surface area contributed by atoms with Gasteiger partial charge in [0.1, 0.15) is 0 Å². The van der Waals surface area contributed by atoms with E-state index in [1.54, 1.807) is 0 Å². The minimum Gasteiger partial charge on any atom is -0.381 e. The highest BCUT2D eigenvalue weighted by Crippen LogP contribution is 2.24. The molecule has 0 spiro atoms. The van der Waals surface area contributed by atoms with Gasteiger partial charge >= 0.3 is 0 Å². The van der Waals surface area contributed by atoms with Gasteiger partial charge in [0.15, 0.2) is 0 Å². The number of carbonyl (C=O) groups excluding carboxylic acids is 1. The highest BCUT2D eigenvalue weighted by atomic mass is 127. The van der Waals surface area contributed by atoms with E-state index in [9.17, 15) is 4.79 Å². The first kappa shape index (κ1) is 13.4. The van der Waals surface area contributed by atoms with Crippen molar-refractivity contribution >= 4 is 28.5 Å². The zero-order valence-corrected chi connectivity index (χ0v) is 13.1. The molecular formula is C15H18INO2. The summed E-state index contributed by atoms with van der Waals surface area (Å²) in [4.78, 5) is 14.6. The average Bonchev–Trinajstić information content (AvgIpc) is 2.44. The van der Waals surface area contributed by atoms with Gasteiger partial charge in [-0.1, -0.05) is 6.07 Å². The van der Waals surface area contributed by atoms with Crippen molar-refractivity contribution in [2.75, 3.05) is 26.3 Å². The summed E-state index contributed by atoms with van der Waals surface area (Å²) in [6.45, 7) is 3.46. The molecular weight excluding hydrogens is 353 g/mol. The Bertz CT molecular complexity index is 483. The van der Waals surface area contributed by atoms with Crippen LogP contribution in [0, 0.1) is 9.49 Å². The topological polar surface area (TPSA) is 29.5 Å². The first-order valence-corrected chi connectivity index (χ1v) is 7.97. The average molecular weight is 371 g/mol. The number of hydrogen-bond acceptors (Lipinski definition) is 2. The third-order valence-corrected chi connectivity index (χ3v) is 4.73. The second kappa shape index (κ2) is 5.79. The largest absolute Gasteiger partial charge is 0.381 e. The van der Waals surface area contributed by atoms with Gasteiger partial charge in [0, 0.05) is 35.4 Å². The number of fused-ring (bicyclic) bond motifs is 1. The van der Waals surface area contributed by atoms with Crippen molar-refractivity contribution in [1.82, 2.24) is 4.90 Å². The van der Waals surface area contributed by atoms with Gasteiger partial charge < -0.3 is 9.64 Å². The zero-order valence-electron chi connectivity index (χ0n) is 10.9.